The van der Waals surface area contributed by atoms with E-state index in [-0.39, 0.29) is 5.69 Å². The van der Waals surface area contributed by atoms with Crippen LogP contribution in [0.1, 0.15) is 12.8 Å². The molecule has 16 heavy (non-hydrogen) atoms. The summed E-state index contributed by atoms with van der Waals surface area (Å²) >= 11 is 0. The number of nitro benzene ring substituents is 1. The Kier molecular flexibility index (Phi) is 5.28. The second-order valence-electron chi connectivity index (χ2n) is 3.43. The fourth-order valence-corrected chi connectivity index (χ4v) is 1.33. The number of hydrogen-bond acceptors (Lipinski definition) is 4. The number of nitrogens with zero attached hydrogens (tertiary/aromatic N) is 1. The van der Waals surface area contributed by atoms with Crippen molar-refractivity contribution in [1.82, 2.24) is 0 Å². The average molecular weight is 224 g/mol. The van der Waals surface area contributed by atoms with Gasteiger partial charge in [0, 0.05) is 38.1 Å². The van der Waals surface area contributed by atoms with Gasteiger partial charge in [0.15, 0.2) is 0 Å². The van der Waals surface area contributed by atoms with Crippen molar-refractivity contribution in [2.24, 2.45) is 0 Å². The van der Waals surface area contributed by atoms with E-state index in [1.54, 1.807) is 13.2 Å². The molecule has 1 aromatic rings. The van der Waals surface area contributed by atoms with E-state index in [9.17, 15) is 10.1 Å². The highest BCUT2D eigenvalue weighted by Gasteiger charge is 2.04. The van der Waals surface area contributed by atoms with Crippen molar-refractivity contribution in [1.29, 1.82) is 0 Å². The van der Waals surface area contributed by atoms with Gasteiger partial charge >= 0.3 is 0 Å². The van der Waals surface area contributed by atoms with Crippen molar-refractivity contribution in [3.8, 4) is 0 Å². The smallest absolute Gasteiger partial charge is 0.271 e. The lowest BCUT2D eigenvalue weighted by Gasteiger charge is -2.05. The molecular formula is C11H16N2O3. The van der Waals surface area contributed by atoms with Crippen LogP contribution in [-0.2, 0) is 4.74 Å². The number of benzene rings is 1. The standard InChI is InChI=1S/C11H16N2O3/c1-16-8-3-2-7-12-10-5-4-6-11(9-10)13(14)15/h4-6,9,12H,2-3,7-8H2,1H3. The van der Waals surface area contributed by atoms with E-state index >= 15 is 0 Å². The van der Waals surface area contributed by atoms with E-state index in [1.165, 1.54) is 12.1 Å². The maximum atomic E-state index is 10.5. The fraction of sp³-hybridized carbons (Fsp3) is 0.455. The number of hydrogen-bond donors (Lipinski definition) is 1. The van der Waals surface area contributed by atoms with Crippen molar-refractivity contribution >= 4 is 11.4 Å². The minimum atomic E-state index is -0.393. The first kappa shape index (κ1) is 12.4. The Morgan fingerprint density at radius 3 is 2.94 bits per heavy atom. The van der Waals surface area contributed by atoms with E-state index < -0.39 is 4.92 Å². The number of unbranched alkanes of at least 4 members (excludes halogenated alkanes) is 1. The van der Waals surface area contributed by atoms with Gasteiger partial charge in [0.2, 0.25) is 0 Å². The van der Waals surface area contributed by atoms with E-state index in [0.29, 0.717) is 0 Å². The van der Waals surface area contributed by atoms with Crippen molar-refractivity contribution in [2.45, 2.75) is 12.8 Å². The summed E-state index contributed by atoms with van der Waals surface area (Å²) in [4.78, 5) is 10.1. The van der Waals surface area contributed by atoms with Gasteiger partial charge in [-0.25, -0.2) is 0 Å². The molecule has 0 fully saturated rings. The molecule has 1 N–H and O–H groups in total. The highest BCUT2D eigenvalue weighted by atomic mass is 16.6. The third kappa shape index (κ3) is 4.27. The van der Waals surface area contributed by atoms with Gasteiger partial charge < -0.3 is 10.1 Å². The molecule has 0 bridgehead atoms. The lowest BCUT2D eigenvalue weighted by Crippen LogP contribution is -2.03. The predicted molar refractivity (Wildman–Crippen MR) is 62.7 cm³/mol. The lowest BCUT2D eigenvalue weighted by atomic mass is 10.2. The molecule has 0 saturated carbocycles. The maximum Gasteiger partial charge on any atom is 0.271 e. The van der Waals surface area contributed by atoms with E-state index in [4.69, 9.17) is 4.74 Å². The van der Waals surface area contributed by atoms with E-state index in [2.05, 4.69) is 5.32 Å². The highest BCUT2D eigenvalue weighted by molar-refractivity contribution is 5.50. The van der Waals surface area contributed by atoms with E-state index in [1.807, 2.05) is 6.07 Å². The van der Waals surface area contributed by atoms with Crippen LogP contribution in [0.4, 0.5) is 11.4 Å². The van der Waals surface area contributed by atoms with Crippen LogP contribution in [0.25, 0.3) is 0 Å². The number of methoxy groups -OCH3 is 1. The second kappa shape index (κ2) is 6.79. The largest absolute Gasteiger partial charge is 0.385 e. The molecular weight excluding hydrogens is 208 g/mol. The minimum Gasteiger partial charge on any atom is -0.385 e. The highest BCUT2D eigenvalue weighted by Crippen LogP contribution is 2.16. The van der Waals surface area contributed by atoms with Gasteiger partial charge in [0.1, 0.15) is 0 Å². The van der Waals surface area contributed by atoms with Gasteiger partial charge in [-0.15, -0.1) is 0 Å². The number of nitro groups is 1. The molecule has 0 atom stereocenters. The van der Waals surface area contributed by atoms with Crippen LogP contribution in [0, 0.1) is 10.1 Å². The number of nitrogens with one attached hydrogen (secondary N) is 1. The molecule has 0 radical (unpaired) electrons. The van der Waals surface area contributed by atoms with Gasteiger partial charge in [-0.1, -0.05) is 6.07 Å². The Balaban J connectivity index is 2.36. The molecule has 0 unspecified atom stereocenters. The van der Waals surface area contributed by atoms with Crippen LogP contribution in [-0.4, -0.2) is 25.2 Å². The molecule has 0 aromatic heterocycles. The molecule has 0 amide bonds. The third-order valence-corrected chi connectivity index (χ3v) is 2.16. The van der Waals surface area contributed by atoms with Crippen molar-refractivity contribution < 1.29 is 9.66 Å². The monoisotopic (exact) mass is 224 g/mol. The van der Waals surface area contributed by atoms with Crippen LogP contribution < -0.4 is 5.32 Å². The minimum absolute atomic E-state index is 0.113. The number of anilines is 1. The molecule has 0 saturated heterocycles. The number of rotatable bonds is 7. The van der Waals surface area contributed by atoms with Gasteiger partial charge in [0.05, 0.1) is 4.92 Å². The van der Waals surface area contributed by atoms with Crippen molar-refractivity contribution in [3.63, 3.8) is 0 Å². The van der Waals surface area contributed by atoms with Crippen LogP contribution >= 0.6 is 0 Å². The van der Waals surface area contributed by atoms with Crippen molar-refractivity contribution in [2.75, 3.05) is 25.6 Å². The Morgan fingerprint density at radius 1 is 1.44 bits per heavy atom. The fourth-order valence-electron chi connectivity index (χ4n) is 1.33. The average Bonchev–Trinajstić information content (AvgIpc) is 2.29. The SMILES string of the molecule is COCCCCNc1cccc([N+](=O)[O-])c1. The Bertz CT molecular complexity index is 342. The zero-order chi connectivity index (χ0) is 11.8. The van der Waals surface area contributed by atoms with Crippen LogP contribution in [0.5, 0.6) is 0 Å². The molecule has 5 nitrogen and oxygen atoms in total. The topological polar surface area (TPSA) is 64.4 Å². The van der Waals surface area contributed by atoms with Gasteiger partial charge in [-0.05, 0) is 18.9 Å². The molecule has 0 aliphatic rings. The third-order valence-electron chi connectivity index (χ3n) is 2.16. The van der Waals surface area contributed by atoms with E-state index in [0.717, 1.165) is 31.7 Å². The maximum absolute atomic E-state index is 10.5. The van der Waals surface area contributed by atoms with Crippen LogP contribution in [0.15, 0.2) is 24.3 Å². The molecule has 0 aliphatic heterocycles. The molecule has 5 heteroatoms. The molecule has 1 rings (SSSR count). The molecule has 0 spiro atoms. The number of ether oxygens (including phenoxy) is 1. The summed E-state index contributed by atoms with van der Waals surface area (Å²) in [6.45, 7) is 1.54. The molecule has 0 aliphatic carbocycles. The Hall–Kier alpha value is -1.62. The zero-order valence-corrected chi connectivity index (χ0v) is 9.31. The van der Waals surface area contributed by atoms with Gasteiger partial charge in [0.25, 0.3) is 5.69 Å². The lowest BCUT2D eigenvalue weighted by molar-refractivity contribution is -0.384. The molecule has 88 valence electrons. The van der Waals surface area contributed by atoms with Crippen molar-refractivity contribution in [3.05, 3.63) is 34.4 Å². The summed E-state index contributed by atoms with van der Waals surface area (Å²) < 4.78 is 4.93. The zero-order valence-electron chi connectivity index (χ0n) is 9.31. The molecule has 1 aromatic carbocycles. The van der Waals surface area contributed by atoms with Crippen LogP contribution in [0.2, 0.25) is 0 Å². The summed E-state index contributed by atoms with van der Waals surface area (Å²) in [6, 6.07) is 6.52. The summed E-state index contributed by atoms with van der Waals surface area (Å²) in [5.41, 5.74) is 0.897. The Morgan fingerprint density at radius 2 is 2.25 bits per heavy atom. The normalized spacial score (nSPS) is 10.1. The molecule has 0 heterocycles. The van der Waals surface area contributed by atoms with Crippen LogP contribution in [0.3, 0.4) is 0 Å². The number of non-ortho nitro benzene ring substituents is 1. The predicted octanol–water partition coefficient (Wildman–Crippen LogP) is 2.43. The summed E-state index contributed by atoms with van der Waals surface area (Å²) in [7, 11) is 1.67. The summed E-state index contributed by atoms with van der Waals surface area (Å²) in [5.74, 6) is 0. The quantitative estimate of drug-likeness (QED) is 0.439. The van der Waals surface area contributed by atoms with Gasteiger partial charge in [-0.2, -0.15) is 0 Å². The first-order valence-corrected chi connectivity index (χ1v) is 5.21. The summed E-state index contributed by atoms with van der Waals surface area (Å²) in [5, 5.41) is 13.7. The van der Waals surface area contributed by atoms with Gasteiger partial charge in [-0.3, -0.25) is 10.1 Å². The summed E-state index contributed by atoms with van der Waals surface area (Å²) in [6.07, 6.45) is 1.97. The Labute approximate surface area is 94.6 Å². The first-order valence-electron chi connectivity index (χ1n) is 5.21. The second-order valence-corrected chi connectivity index (χ2v) is 3.43. The first-order chi connectivity index (χ1) is 7.74.